The van der Waals surface area contributed by atoms with E-state index in [1.54, 1.807) is 142 Å². The van der Waals surface area contributed by atoms with Crippen molar-refractivity contribution in [1.82, 2.24) is 61.1 Å². The number of esters is 2. The van der Waals surface area contributed by atoms with E-state index in [0.29, 0.717) is 100 Å². The van der Waals surface area contributed by atoms with Crippen molar-refractivity contribution in [2.24, 2.45) is 58.2 Å². The zero-order valence-corrected chi connectivity index (χ0v) is 72.8. The lowest BCUT2D eigenvalue weighted by Crippen LogP contribution is -2.63. The van der Waals surface area contributed by atoms with Crippen LogP contribution in [0.15, 0.2) is 48.8 Å². The van der Waals surface area contributed by atoms with Crippen LogP contribution in [0.3, 0.4) is 0 Å². The molecule has 115 heavy (non-hydrogen) atoms. The molecule has 29 heteroatoms. The third-order valence-electron chi connectivity index (χ3n) is 25.1. The van der Waals surface area contributed by atoms with Gasteiger partial charge in [0.05, 0.1) is 73.6 Å². The van der Waals surface area contributed by atoms with Crippen molar-refractivity contribution in [2.45, 2.75) is 307 Å². The van der Waals surface area contributed by atoms with Crippen molar-refractivity contribution < 1.29 is 81.0 Å². The van der Waals surface area contributed by atoms with E-state index in [9.17, 15) is 38.4 Å². The van der Waals surface area contributed by atoms with E-state index in [-0.39, 0.29) is 80.7 Å². The van der Waals surface area contributed by atoms with Gasteiger partial charge < -0.3 is 73.7 Å². The second kappa shape index (κ2) is 39.0. The first-order chi connectivity index (χ1) is 54.0. The van der Waals surface area contributed by atoms with Crippen molar-refractivity contribution in [3.63, 3.8) is 0 Å². The number of carbonyl (C=O) groups is 8. The third-order valence-corrected chi connectivity index (χ3v) is 25.1. The molecule has 4 aromatic rings. The zero-order valence-electron chi connectivity index (χ0n) is 72.8. The minimum atomic E-state index is -1.47. The van der Waals surface area contributed by atoms with Gasteiger partial charge in [-0.3, -0.25) is 33.3 Å². The van der Waals surface area contributed by atoms with E-state index in [1.807, 2.05) is 41.5 Å². The van der Waals surface area contributed by atoms with Crippen LogP contribution in [0.5, 0.6) is 23.0 Å². The van der Waals surface area contributed by atoms with Crippen LogP contribution in [0.25, 0.3) is 0 Å². The van der Waals surface area contributed by atoms with E-state index in [0.717, 1.165) is 44.9 Å². The van der Waals surface area contributed by atoms with Gasteiger partial charge in [0.2, 0.25) is 23.6 Å². The number of fused-ring (bicyclic) bond motifs is 5. The first kappa shape index (κ1) is 91.8. The fraction of sp³-hybridized carbons (Fsp3) is 0.721. The van der Waals surface area contributed by atoms with E-state index >= 15 is 0 Å². The summed E-state index contributed by atoms with van der Waals surface area (Å²) in [7, 11) is 6.12. The van der Waals surface area contributed by atoms with Crippen molar-refractivity contribution in [3.05, 3.63) is 71.3 Å². The Balaban J connectivity index is 0.769. The lowest BCUT2D eigenvalue weighted by Gasteiger charge is -2.61. The number of benzene rings is 2. The molecular weight excluding hydrogens is 1470 g/mol. The van der Waals surface area contributed by atoms with Crippen LogP contribution in [-0.2, 0) is 91.8 Å². The second-order valence-corrected chi connectivity index (χ2v) is 36.4. The number of ether oxygens (including phenoxy) is 9. The molecule has 640 valence electrons. The molecule has 8 rings (SSSR count). The Kier molecular flexibility index (Phi) is 31.1. The van der Waals surface area contributed by atoms with E-state index < -0.39 is 88.2 Å². The molecule has 0 unspecified atom stereocenters. The summed E-state index contributed by atoms with van der Waals surface area (Å²) in [6.07, 6.45) is 13.4. The monoisotopic (exact) mass is 1610 g/mol. The normalized spacial score (nSPS) is 22.6. The van der Waals surface area contributed by atoms with Crippen molar-refractivity contribution >= 4 is 47.8 Å². The Bertz CT molecular complexity index is 3980. The maximum atomic E-state index is 14.9. The number of methoxy groups -OCH3 is 4. The molecule has 4 aliphatic carbocycles. The smallest absolute Gasteiger partial charge is 0.408 e. The Morgan fingerprint density at radius 1 is 0.565 bits per heavy atom. The Labute approximate surface area is 681 Å². The minimum absolute atomic E-state index is 0.0195. The highest BCUT2D eigenvalue weighted by Crippen LogP contribution is 2.68. The molecule has 0 radical (unpaired) electrons. The summed E-state index contributed by atoms with van der Waals surface area (Å²) in [6, 6.07) is 7.44. The van der Waals surface area contributed by atoms with E-state index in [4.69, 9.17) is 42.6 Å². The second-order valence-electron chi connectivity index (χ2n) is 36.4. The molecule has 15 atom stereocenters. The van der Waals surface area contributed by atoms with Gasteiger partial charge in [0.1, 0.15) is 88.1 Å². The average Bonchev–Trinajstić information content (AvgIpc) is 1.67. The van der Waals surface area contributed by atoms with Crippen LogP contribution in [0.4, 0.5) is 9.59 Å². The quantitative estimate of drug-likeness (QED) is 0.0241. The van der Waals surface area contributed by atoms with Crippen LogP contribution in [-0.4, -0.2) is 175 Å². The molecule has 4 saturated carbocycles. The largest absolute Gasteiger partial charge is 0.497 e. The summed E-state index contributed by atoms with van der Waals surface area (Å²) in [5, 5.41) is 28.9. The van der Waals surface area contributed by atoms with Crippen LogP contribution >= 0.6 is 0 Å². The Morgan fingerprint density at radius 3 is 1.50 bits per heavy atom. The number of rotatable bonds is 37. The molecule has 4 fully saturated rings. The molecule has 2 aromatic heterocycles. The summed E-state index contributed by atoms with van der Waals surface area (Å²) in [5.41, 5.74) is -2.03. The number of nitrogens with one attached hydrogen (secondary N) is 4. The van der Waals surface area contributed by atoms with Crippen LogP contribution in [0, 0.1) is 58.2 Å². The molecule has 2 aromatic carbocycles. The third kappa shape index (κ3) is 23.3. The zero-order chi connectivity index (χ0) is 84.9. The Hall–Kier alpha value is -8.76. The van der Waals surface area contributed by atoms with Gasteiger partial charge in [-0.15, -0.1) is 10.2 Å². The summed E-state index contributed by atoms with van der Waals surface area (Å²) in [5.74, 6) is 1.92. The Morgan fingerprint density at radius 2 is 1.03 bits per heavy atom. The minimum Gasteiger partial charge on any atom is -0.497 e. The van der Waals surface area contributed by atoms with Crippen LogP contribution < -0.4 is 40.2 Å². The first-order valence-electron chi connectivity index (χ1n) is 41.4. The molecule has 0 aliphatic heterocycles. The standard InChI is InChI=1S/C86H134N12O17/c1-24-52(3)73(89-79(105)114-81(8,9)10)75(101)97(45-57-27-30-62(107-20)41-69(57)109-22)83(14,15)77(103)87-55(6)43-95-47-60(91-93-95)49-111-51-72(100)113-64-36-38-85(18)59(40-64)29-32-65-67-34-33-66(86(67,19)39-37-68(65)85)54(5)26-35-71(99)112-50-61-48-96(94-92-61)44-56(7)88-78(104)84(16,17)98(46-58-28-31-63(108-21)42-70(58)110-23)76(102)74(53(4)25-2)90-80(106)115-82(11,12)13/h27-28,30-31,41-42,47-48,52-56,59,64-68,73-74H,24-26,29,32-40,43-46,49-51H2,1-23H3,(H,87,103)(H,88,104)(H,89,105)(H,90,106)/t52-,53-,54+,55-,56-,59+,64+,65-,66+,67-,68-,73-,74-,85-,86+/m0/s1. The van der Waals surface area contributed by atoms with Crippen molar-refractivity contribution in [2.75, 3.05) is 35.0 Å². The van der Waals surface area contributed by atoms with Crippen molar-refractivity contribution in [3.8, 4) is 23.0 Å². The molecule has 0 spiro atoms. The van der Waals surface area contributed by atoms with E-state index in [2.05, 4.69) is 62.7 Å². The number of carbonyl (C=O) groups excluding carboxylic acids is 8. The first-order valence-corrected chi connectivity index (χ1v) is 41.4. The summed E-state index contributed by atoms with van der Waals surface area (Å²) in [4.78, 5) is 115. The van der Waals surface area contributed by atoms with Gasteiger partial charge in [0.15, 0.2) is 0 Å². The number of hydrogen-bond donors (Lipinski definition) is 4. The predicted octanol–water partition coefficient (Wildman–Crippen LogP) is 12.7. The maximum Gasteiger partial charge on any atom is 0.408 e. The highest BCUT2D eigenvalue weighted by atomic mass is 16.6. The molecular formula is C86H134N12O17. The molecule has 6 amide bonds. The van der Waals surface area contributed by atoms with Crippen molar-refractivity contribution in [1.29, 1.82) is 0 Å². The molecule has 2 heterocycles. The molecule has 4 aliphatic rings. The lowest BCUT2D eigenvalue weighted by atomic mass is 9.44. The average molecular weight is 1610 g/mol. The van der Waals surface area contributed by atoms with Gasteiger partial charge in [0, 0.05) is 41.8 Å². The molecule has 0 saturated heterocycles. The van der Waals surface area contributed by atoms with Gasteiger partial charge in [-0.1, -0.05) is 71.7 Å². The molecule has 4 N–H and O–H groups in total. The van der Waals surface area contributed by atoms with Gasteiger partial charge in [-0.2, -0.15) is 0 Å². The summed E-state index contributed by atoms with van der Waals surface area (Å²) >= 11 is 0. The maximum absolute atomic E-state index is 14.9. The highest BCUT2D eigenvalue weighted by Gasteiger charge is 2.61. The molecule has 29 nitrogen and oxygen atoms in total. The van der Waals surface area contributed by atoms with Gasteiger partial charge in [-0.25, -0.2) is 14.4 Å². The number of hydrogen-bond acceptors (Lipinski definition) is 21. The number of alkyl carbamates (subject to hydrolysis) is 2. The highest BCUT2D eigenvalue weighted by molar-refractivity contribution is 5.95. The summed E-state index contributed by atoms with van der Waals surface area (Å²) < 4.78 is 54.4. The lowest BCUT2D eigenvalue weighted by molar-refractivity contribution is -0.167. The number of amides is 6. The van der Waals surface area contributed by atoms with Gasteiger partial charge in [-0.05, 0) is 230 Å². The summed E-state index contributed by atoms with van der Waals surface area (Å²) in [6.45, 7) is 35.8. The molecule has 0 bridgehead atoms. The fourth-order valence-corrected chi connectivity index (χ4v) is 18.2. The number of aromatic nitrogens is 6. The predicted molar refractivity (Wildman–Crippen MR) is 432 cm³/mol. The SMILES string of the molecule is CC[C@H](C)[C@H](NC(=O)OC(C)(C)C)C(=O)N(Cc1ccc(OC)cc1OC)C(C)(C)C(=O)N[C@@H](C)Cn1cc(COCC(=O)O[C@@H]2CC[C@@]3(C)[C@H](CC[C@@H]4[C@@H]3CC[C@]3(C)[C@@H]([C@H](C)CCC(=O)OCc5cn(C[C@H](C)NC(=O)C(C)(C)N(Cc6ccc(OC)cc6OC)C(=O)[C@@H](NC(=O)OC(C)(C)C)[C@@H](C)CC)nn5)CC[C@@H]43)C2)nn1. The van der Waals surface area contributed by atoms with Gasteiger partial charge in [0.25, 0.3) is 0 Å². The number of nitrogens with zero attached hydrogens (tertiary/aromatic N) is 8. The van der Waals surface area contributed by atoms with Crippen LogP contribution in [0.1, 0.15) is 238 Å². The fourth-order valence-electron chi connectivity index (χ4n) is 18.2. The topological polar surface area (TPSA) is 336 Å². The van der Waals surface area contributed by atoms with E-state index in [1.165, 1.54) is 43.3 Å². The van der Waals surface area contributed by atoms with Crippen LogP contribution in [0.2, 0.25) is 0 Å². The van der Waals surface area contributed by atoms with Gasteiger partial charge >= 0.3 is 24.1 Å².